The van der Waals surface area contributed by atoms with E-state index in [1.54, 1.807) is 7.05 Å². The van der Waals surface area contributed by atoms with E-state index in [1.165, 1.54) is 11.1 Å². The number of carboxylic acids is 1. The van der Waals surface area contributed by atoms with Crippen LogP contribution in [0.25, 0.3) is 0 Å². The van der Waals surface area contributed by atoms with Gasteiger partial charge < -0.3 is 10.0 Å². The SMILES string of the molecule is CC(C)c1ncc(Cl)c(C(=O)N(C)CCCC(=O)O)n1. The number of carbonyl (C=O) groups excluding carboxylic acids is 1. The maximum atomic E-state index is 12.2. The van der Waals surface area contributed by atoms with E-state index < -0.39 is 5.97 Å². The number of amides is 1. The molecule has 0 fully saturated rings. The smallest absolute Gasteiger partial charge is 0.303 e. The Balaban J connectivity index is 2.80. The summed E-state index contributed by atoms with van der Waals surface area (Å²) in [6.45, 7) is 4.19. The van der Waals surface area contributed by atoms with Crippen molar-refractivity contribution in [2.24, 2.45) is 0 Å². The Bertz CT molecular complexity index is 506. The molecule has 1 amide bonds. The molecule has 1 rings (SSSR count). The van der Waals surface area contributed by atoms with Crippen LogP contribution in [0.1, 0.15) is 48.9 Å². The number of carbonyl (C=O) groups is 2. The minimum atomic E-state index is -0.881. The molecule has 110 valence electrons. The molecule has 1 N–H and O–H groups in total. The first-order valence-electron chi connectivity index (χ1n) is 6.32. The average molecular weight is 300 g/mol. The van der Waals surface area contributed by atoms with Crippen LogP contribution in [0.5, 0.6) is 0 Å². The standard InChI is InChI=1S/C13H18ClN3O3/c1-8(2)12-15-7-9(14)11(16-12)13(20)17(3)6-4-5-10(18)19/h7-8H,4-6H2,1-3H3,(H,18,19). The summed E-state index contributed by atoms with van der Waals surface area (Å²) in [5.41, 5.74) is 0.156. The lowest BCUT2D eigenvalue weighted by Crippen LogP contribution is -2.29. The Morgan fingerprint density at radius 3 is 2.65 bits per heavy atom. The molecule has 0 aliphatic heterocycles. The van der Waals surface area contributed by atoms with Crippen molar-refractivity contribution >= 4 is 23.5 Å². The summed E-state index contributed by atoms with van der Waals surface area (Å²) in [7, 11) is 1.59. The second kappa shape index (κ2) is 7.19. The maximum absolute atomic E-state index is 12.2. The van der Waals surface area contributed by atoms with Gasteiger partial charge in [0.15, 0.2) is 5.69 Å². The molecule has 7 heteroatoms. The van der Waals surface area contributed by atoms with Crippen molar-refractivity contribution in [3.05, 3.63) is 22.7 Å². The second-order valence-corrected chi connectivity index (χ2v) is 5.21. The molecule has 1 aromatic rings. The van der Waals surface area contributed by atoms with Crippen molar-refractivity contribution in [3.63, 3.8) is 0 Å². The largest absolute Gasteiger partial charge is 0.481 e. The van der Waals surface area contributed by atoms with Gasteiger partial charge in [0.05, 0.1) is 11.2 Å². The predicted molar refractivity (Wildman–Crippen MR) is 75.0 cm³/mol. The summed E-state index contributed by atoms with van der Waals surface area (Å²) in [6, 6.07) is 0. The summed E-state index contributed by atoms with van der Waals surface area (Å²) < 4.78 is 0. The molecule has 6 nitrogen and oxygen atoms in total. The molecule has 20 heavy (non-hydrogen) atoms. The highest BCUT2D eigenvalue weighted by Crippen LogP contribution is 2.17. The first kappa shape index (κ1) is 16.4. The molecule has 0 spiro atoms. The first-order chi connectivity index (χ1) is 9.32. The predicted octanol–water partition coefficient (Wildman–Crippen LogP) is 2.19. The zero-order chi connectivity index (χ0) is 15.3. The highest BCUT2D eigenvalue weighted by molar-refractivity contribution is 6.33. The van der Waals surface area contributed by atoms with Crippen LogP contribution in [0.4, 0.5) is 0 Å². The topological polar surface area (TPSA) is 83.4 Å². The van der Waals surface area contributed by atoms with E-state index >= 15 is 0 Å². The molecule has 0 aliphatic rings. The number of carboxylic acid groups (broad SMARTS) is 1. The molecule has 0 aromatic carbocycles. The summed E-state index contributed by atoms with van der Waals surface area (Å²) in [4.78, 5) is 32.3. The Morgan fingerprint density at radius 2 is 2.10 bits per heavy atom. The van der Waals surface area contributed by atoms with E-state index in [0.717, 1.165) is 0 Å². The molecule has 0 radical (unpaired) electrons. The molecule has 0 aliphatic carbocycles. The van der Waals surface area contributed by atoms with Gasteiger partial charge in [-0.1, -0.05) is 25.4 Å². The van der Waals surface area contributed by atoms with Gasteiger partial charge in [-0.05, 0) is 6.42 Å². The molecule has 0 saturated carbocycles. The van der Waals surface area contributed by atoms with E-state index in [4.69, 9.17) is 16.7 Å². The monoisotopic (exact) mass is 299 g/mol. The third kappa shape index (κ3) is 4.45. The molecule has 0 atom stereocenters. The van der Waals surface area contributed by atoms with Crippen LogP contribution >= 0.6 is 11.6 Å². The van der Waals surface area contributed by atoms with Crippen molar-refractivity contribution < 1.29 is 14.7 Å². The van der Waals surface area contributed by atoms with E-state index in [1.807, 2.05) is 13.8 Å². The highest BCUT2D eigenvalue weighted by atomic mass is 35.5. The summed E-state index contributed by atoms with van der Waals surface area (Å²) in [5.74, 6) is -0.564. The number of aliphatic carboxylic acids is 1. The quantitative estimate of drug-likeness (QED) is 0.870. The van der Waals surface area contributed by atoms with Gasteiger partial charge in [-0.25, -0.2) is 9.97 Å². The van der Waals surface area contributed by atoms with Gasteiger partial charge in [0.1, 0.15) is 5.82 Å². The second-order valence-electron chi connectivity index (χ2n) is 4.80. The summed E-state index contributed by atoms with van der Waals surface area (Å²) in [5, 5.41) is 8.78. The van der Waals surface area contributed by atoms with Crippen LogP contribution in [0.15, 0.2) is 6.20 Å². The van der Waals surface area contributed by atoms with Crippen molar-refractivity contribution in [2.75, 3.05) is 13.6 Å². The number of nitrogens with zero attached hydrogens (tertiary/aromatic N) is 3. The minimum absolute atomic E-state index is 0.0202. The van der Waals surface area contributed by atoms with Gasteiger partial charge in [0, 0.05) is 25.9 Å². The van der Waals surface area contributed by atoms with Gasteiger partial charge in [0.25, 0.3) is 5.91 Å². The first-order valence-corrected chi connectivity index (χ1v) is 6.70. The van der Waals surface area contributed by atoms with Crippen molar-refractivity contribution in [1.82, 2.24) is 14.9 Å². The zero-order valence-corrected chi connectivity index (χ0v) is 12.5. The van der Waals surface area contributed by atoms with Crippen molar-refractivity contribution in [1.29, 1.82) is 0 Å². The van der Waals surface area contributed by atoms with Crippen LogP contribution < -0.4 is 0 Å². The van der Waals surface area contributed by atoms with E-state index in [9.17, 15) is 9.59 Å². The number of rotatable bonds is 6. The Morgan fingerprint density at radius 1 is 1.45 bits per heavy atom. The van der Waals surface area contributed by atoms with E-state index in [-0.39, 0.29) is 29.0 Å². The Hall–Kier alpha value is -1.69. The fraction of sp³-hybridized carbons (Fsp3) is 0.538. The van der Waals surface area contributed by atoms with E-state index in [0.29, 0.717) is 18.8 Å². The van der Waals surface area contributed by atoms with Gasteiger partial charge >= 0.3 is 5.97 Å². The fourth-order valence-corrected chi connectivity index (χ4v) is 1.73. The highest BCUT2D eigenvalue weighted by Gasteiger charge is 2.19. The van der Waals surface area contributed by atoms with Crippen molar-refractivity contribution in [2.45, 2.75) is 32.6 Å². The van der Waals surface area contributed by atoms with Gasteiger partial charge in [-0.2, -0.15) is 0 Å². The molecular weight excluding hydrogens is 282 g/mol. The van der Waals surface area contributed by atoms with E-state index in [2.05, 4.69) is 9.97 Å². The molecule has 0 unspecified atom stereocenters. The third-order valence-electron chi connectivity index (χ3n) is 2.71. The van der Waals surface area contributed by atoms with Crippen LogP contribution in [0.3, 0.4) is 0 Å². The lowest BCUT2D eigenvalue weighted by Gasteiger charge is -2.17. The number of hydrogen-bond donors (Lipinski definition) is 1. The fourth-order valence-electron chi connectivity index (χ4n) is 1.56. The Kier molecular flexibility index (Phi) is 5.88. The van der Waals surface area contributed by atoms with Crippen LogP contribution in [-0.4, -0.2) is 45.4 Å². The summed E-state index contributed by atoms with van der Waals surface area (Å²) in [6.07, 6.45) is 1.83. The maximum Gasteiger partial charge on any atom is 0.303 e. The zero-order valence-electron chi connectivity index (χ0n) is 11.8. The number of hydrogen-bond acceptors (Lipinski definition) is 4. The Labute approximate surface area is 122 Å². The van der Waals surface area contributed by atoms with Gasteiger partial charge in [-0.3, -0.25) is 9.59 Å². The van der Waals surface area contributed by atoms with Crippen LogP contribution in [0, 0.1) is 0 Å². The van der Waals surface area contributed by atoms with Crippen LogP contribution in [-0.2, 0) is 4.79 Å². The van der Waals surface area contributed by atoms with Crippen molar-refractivity contribution in [3.8, 4) is 0 Å². The molecule has 1 heterocycles. The molecule has 0 saturated heterocycles. The summed E-state index contributed by atoms with van der Waals surface area (Å²) >= 11 is 5.96. The average Bonchev–Trinajstić information content (AvgIpc) is 2.37. The molecule has 1 aromatic heterocycles. The van der Waals surface area contributed by atoms with Gasteiger partial charge in [0.2, 0.25) is 0 Å². The normalized spacial score (nSPS) is 10.7. The third-order valence-corrected chi connectivity index (χ3v) is 2.99. The van der Waals surface area contributed by atoms with Crippen LogP contribution in [0.2, 0.25) is 5.02 Å². The molecular formula is C13H18ClN3O3. The minimum Gasteiger partial charge on any atom is -0.481 e. The number of halogens is 1. The lowest BCUT2D eigenvalue weighted by molar-refractivity contribution is -0.137. The lowest BCUT2D eigenvalue weighted by atomic mass is 10.2. The molecule has 0 bridgehead atoms. The van der Waals surface area contributed by atoms with Gasteiger partial charge in [-0.15, -0.1) is 0 Å². The number of aromatic nitrogens is 2.